The van der Waals surface area contributed by atoms with E-state index in [0.717, 1.165) is 0 Å². The number of rotatable bonds is 7. The van der Waals surface area contributed by atoms with Crippen molar-refractivity contribution in [3.63, 3.8) is 0 Å². The van der Waals surface area contributed by atoms with Crippen LogP contribution in [0.4, 0.5) is 0 Å². The highest BCUT2D eigenvalue weighted by molar-refractivity contribution is 4.67. The molecule has 0 aliphatic rings. The Bertz CT molecular complexity index is 105. The van der Waals surface area contributed by atoms with Crippen molar-refractivity contribution in [3.05, 3.63) is 0 Å². The summed E-state index contributed by atoms with van der Waals surface area (Å²) in [4.78, 5) is 0. The van der Waals surface area contributed by atoms with E-state index in [4.69, 9.17) is 5.11 Å². The van der Waals surface area contributed by atoms with Crippen molar-refractivity contribution >= 4 is 0 Å². The lowest BCUT2D eigenvalue weighted by molar-refractivity contribution is 0.0727. The first-order valence-electron chi connectivity index (χ1n) is 5.10. The maximum Gasteiger partial charge on any atom is 0.0541 e. The van der Waals surface area contributed by atoms with Crippen LogP contribution in [0.2, 0.25) is 0 Å². The smallest absolute Gasteiger partial charge is 0.0541 e. The van der Waals surface area contributed by atoms with Gasteiger partial charge in [-0.3, -0.25) is 0 Å². The normalized spacial score (nSPS) is 18.2. The fraction of sp³-hybridized carbons (Fsp3) is 1.00. The van der Waals surface area contributed by atoms with Gasteiger partial charge in [0.1, 0.15) is 0 Å². The lowest BCUT2D eigenvalue weighted by Gasteiger charge is -2.19. The lowest BCUT2D eigenvalue weighted by atomic mass is 9.94. The van der Waals surface area contributed by atoms with Gasteiger partial charge in [-0.2, -0.15) is 0 Å². The summed E-state index contributed by atoms with van der Waals surface area (Å²) in [6, 6.07) is 0. The number of aliphatic hydroxyl groups is 3. The summed E-state index contributed by atoms with van der Waals surface area (Å²) in [7, 11) is 0. The Kier molecular flexibility index (Phi) is 7.23. The second kappa shape index (κ2) is 7.30. The van der Waals surface area contributed by atoms with Crippen molar-refractivity contribution in [1.29, 1.82) is 0 Å². The molecule has 0 aromatic heterocycles. The lowest BCUT2D eigenvalue weighted by Crippen LogP contribution is -2.20. The van der Waals surface area contributed by atoms with E-state index in [-0.39, 0.29) is 24.7 Å². The summed E-state index contributed by atoms with van der Waals surface area (Å²) in [6.45, 7) is 3.87. The fourth-order valence-electron chi connectivity index (χ4n) is 1.35. The highest BCUT2D eigenvalue weighted by atomic mass is 16.3. The number of hydrogen-bond acceptors (Lipinski definition) is 3. The predicted molar refractivity (Wildman–Crippen MR) is 52.4 cm³/mol. The second-order valence-electron chi connectivity index (χ2n) is 3.64. The van der Waals surface area contributed by atoms with Crippen LogP contribution in [0.15, 0.2) is 0 Å². The van der Waals surface area contributed by atoms with E-state index in [2.05, 4.69) is 0 Å². The van der Waals surface area contributed by atoms with Gasteiger partial charge in [-0.1, -0.05) is 13.8 Å². The molecule has 0 radical (unpaired) electrons. The molecule has 0 aromatic carbocycles. The van der Waals surface area contributed by atoms with E-state index < -0.39 is 0 Å². The molecule has 0 heterocycles. The third-order valence-corrected chi connectivity index (χ3v) is 2.41. The van der Waals surface area contributed by atoms with E-state index in [0.29, 0.717) is 25.7 Å². The Labute approximate surface area is 80.4 Å². The molecule has 0 fully saturated rings. The summed E-state index contributed by atoms with van der Waals surface area (Å²) in [5, 5.41) is 27.7. The molecule has 0 aliphatic carbocycles. The monoisotopic (exact) mass is 190 g/mol. The predicted octanol–water partition coefficient (Wildman–Crippen LogP) is 0.917. The quantitative estimate of drug-likeness (QED) is 0.559. The van der Waals surface area contributed by atoms with E-state index in [1.807, 2.05) is 13.8 Å². The average Bonchev–Trinajstić information content (AvgIpc) is 2.16. The highest BCUT2D eigenvalue weighted by Crippen LogP contribution is 2.16. The molecule has 3 heteroatoms. The van der Waals surface area contributed by atoms with Crippen molar-refractivity contribution in [3.8, 4) is 0 Å². The topological polar surface area (TPSA) is 60.7 Å². The van der Waals surface area contributed by atoms with Gasteiger partial charge in [0.15, 0.2) is 0 Å². The maximum absolute atomic E-state index is 9.35. The third-order valence-electron chi connectivity index (χ3n) is 2.41. The van der Waals surface area contributed by atoms with Gasteiger partial charge in [-0.05, 0) is 31.6 Å². The average molecular weight is 190 g/mol. The Morgan fingerprint density at radius 3 is 1.54 bits per heavy atom. The Balaban J connectivity index is 3.74. The largest absolute Gasteiger partial charge is 0.396 e. The minimum Gasteiger partial charge on any atom is -0.396 e. The van der Waals surface area contributed by atoms with Crippen LogP contribution in [0.25, 0.3) is 0 Å². The van der Waals surface area contributed by atoms with Crippen LogP contribution in [0, 0.1) is 5.92 Å². The van der Waals surface area contributed by atoms with Crippen LogP contribution in [0.1, 0.15) is 39.5 Å². The molecule has 0 spiro atoms. The van der Waals surface area contributed by atoms with Crippen LogP contribution in [-0.2, 0) is 0 Å². The molecule has 2 unspecified atom stereocenters. The first-order valence-corrected chi connectivity index (χ1v) is 5.10. The molecule has 0 amide bonds. The highest BCUT2D eigenvalue weighted by Gasteiger charge is 2.15. The van der Waals surface area contributed by atoms with Gasteiger partial charge in [0.05, 0.1) is 12.2 Å². The molecule has 0 saturated heterocycles. The van der Waals surface area contributed by atoms with Crippen LogP contribution in [0.3, 0.4) is 0 Å². The first-order chi connectivity index (χ1) is 6.13. The van der Waals surface area contributed by atoms with Crippen molar-refractivity contribution in [1.82, 2.24) is 0 Å². The molecule has 13 heavy (non-hydrogen) atoms. The first kappa shape index (κ1) is 12.9. The molecule has 3 nitrogen and oxygen atoms in total. The minimum atomic E-state index is -0.346. The Hall–Kier alpha value is -0.120. The number of aliphatic hydroxyl groups excluding tert-OH is 3. The van der Waals surface area contributed by atoms with Gasteiger partial charge in [0.25, 0.3) is 0 Å². The molecule has 0 rings (SSSR count). The van der Waals surface area contributed by atoms with Crippen LogP contribution >= 0.6 is 0 Å². The minimum absolute atomic E-state index is 0.0323. The molecule has 2 atom stereocenters. The molecule has 0 saturated carbocycles. The van der Waals surface area contributed by atoms with E-state index in [9.17, 15) is 10.2 Å². The zero-order valence-corrected chi connectivity index (χ0v) is 8.61. The van der Waals surface area contributed by atoms with Crippen molar-refractivity contribution in [2.75, 3.05) is 6.61 Å². The van der Waals surface area contributed by atoms with Gasteiger partial charge in [-0.15, -0.1) is 0 Å². The van der Waals surface area contributed by atoms with E-state index in [1.54, 1.807) is 0 Å². The van der Waals surface area contributed by atoms with Gasteiger partial charge >= 0.3 is 0 Å². The molecular weight excluding hydrogens is 168 g/mol. The molecule has 0 aliphatic heterocycles. The fourth-order valence-corrected chi connectivity index (χ4v) is 1.35. The summed E-state index contributed by atoms with van der Waals surface area (Å²) in [5.41, 5.74) is 0. The summed E-state index contributed by atoms with van der Waals surface area (Å²) >= 11 is 0. The molecule has 80 valence electrons. The summed E-state index contributed by atoms with van der Waals surface area (Å²) in [5.74, 6) is 0.0323. The standard InChI is InChI=1S/C10H22O3/c1-3-9(12)5-8(7-11)6-10(13)4-2/h8-13H,3-7H2,1-2H3. The van der Waals surface area contributed by atoms with E-state index in [1.165, 1.54) is 0 Å². The van der Waals surface area contributed by atoms with Crippen molar-refractivity contribution in [2.24, 2.45) is 5.92 Å². The third kappa shape index (κ3) is 6.02. The SMILES string of the molecule is CCC(O)CC(CO)CC(O)CC. The van der Waals surface area contributed by atoms with Crippen LogP contribution in [0.5, 0.6) is 0 Å². The maximum atomic E-state index is 9.35. The Morgan fingerprint density at radius 2 is 1.31 bits per heavy atom. The molecule has 0 aromatic rings. The summed E-state index contributed by atoms with van der Waals surface area (Å²) < 4.78 is 0. The van der Waals surface area contributed by atoms with E-state index >= 15 is 0 Å². The van der Waals surface area contributed by atoms with Crippen LogP contribution in [-0.4, -0.2) is 34.1 Å². The van der Waals surface area contributed by atoms with Crippen LogP contribution < -0.4 is 0 Å². The van der Waals surface area contributed by atoms with Crippen molar-refractivity contribution in [2.45, 2.75) is 51.7 Å². The zero-order valence-electron chi connectivity index (χ0n) is 8.61. The molecular formula is C10H22O3. The number of hydrogen-bond donors (Lipinski definition) is 3. The van der Waals surface area contributed by atoms with Gasteiger partial charge in [-0.25, -0.2) is 0 Å². The summed E-state index contributed by atoms with van der Waals surface area (Å²) in [6.07, 6.45) is 1.90. The van der Waals surface area contributed by atoms with Gasteiger partial charge in [0.2, 0.25) is 0 Å². The molecule has 3 N–H and O–H groups in total. The molecule has 0 bridgehead atoms. The van der Waals surface area contributed by atoms with Gasteiger partial charge in [0, 0.05) is 6.61 Å². The zero-order chi connectivity index (χ0) is 10.3. The van der Waals surface area contributed by atoms with Crippen molar-refractivity contribution < 1.29 is 15.3 Å². The Morgan fingerprint density at radius 1 is 0.923 bits per heavy atom. The second-order valence-corrected chi connectivity index (χ2v) is 3.64. The van der Waals surface area contributed by atoms with Gasteiger partial charge < -0.3 is 15.3 Å².